The van der Waals surface area contributed by atoms with Crippen LogP contribution in [0.4, 0.5) is 17.6 Å². The summed E-state index contributed by atoms with van der Waals surface area (Å²) in [6.45, 7) is 0.0661. The molecule has 392 valence electrons. The van der Waals surface area contributed by atoms with Gasteiger partial charge in [-0.15, -0.1) is 12.4 Å². The van der Waals surface area contributed by atoms with Gasteiger partial charge in [-0.2, -0.15) is 9.97 Å². The number of hydrogen-bond donors (Lipinski definition) is 10. The number of aromatic nitrogens is 6. The van der Waals surface area contributed by atoms with Gasteiger partial charge in [0.25, 0.3) is 24.2 Å². The second kappa shape index (κ2) is 38.3. The summed E-state index contributed by atoms with van der Waals surface area (Å²) in [7, 11) is 0. The summed E-state index contributed by atoms with van der Waals surface area (Å²) in [6, 6.07) is -4.67. The van der Waals surface area contributed by atoms with Crippen molar-refractivity contribution in [2.24, 2.45) is 40.7 Å². The van der Waals surface area contributed by atoms with Gasteiger partial charge in [0.05, 0.1) is 39.0 Å². The molecule has 0 aliphatic heterocycles. The molecule has 9 unspecified atom stereocenters. The molecule has 3 aliphatic carbocycles. The van der Waals surface area contributed by atoms with Crippen LogP contribution in [0.25, 0.3) is 0 Å². The fourth-order valence-electron chi connectivity index (χ4n) is 4.69. The van der Waals surface area contributed by atoms with Gasteiger partial charge in [0.15, 0.2) is 0 Å². The van der Waals surface area contributed by atoms with Crippen molar-refractivity contribution in [3.63, 3.8) is 0 Å². The number of anilines is 3. The van der Waals surface area contributed by atoms with Crippen LogP contribution >= 0.6 is 47.2 Å². The van der Waals surface area contributed by atoms with Gasteiger partial charge >= 0.3 is 103 Å². The van der Waals surface area contributed by atoms with Gasteiger partial charge in [-0.3, -0.25) is 19.2 Å². The number of amides is 3. The van der Waals surface area contributed by atoms with Crippen molar-refractivity contribution in [1.29, 1.82) is 0 Å². The van der Waals surface area contributed by atoms with Crippen molar-refractivity contribution in [3.05, 3.63) is 51.0 Å². The number of nitrogens with two attached hydrogens (primary N) is 4. The first-order valence-electron chi connectivity index (χ1n) is 31.4. The molecule has 28 heteroatoms. The second-order valence-corrected chi connectivity index (χ2v) is 15.0. The Bertz CT molecular complexity index is 3080. The van der Waals surface area contributed by atoms with E-state index in [9.17, 15) is 29.7 Å². The van der Waals surface area contributed by atoms with E-state index in [0.717, 1.165) is 12.4 Å². The van der Waals surface area contributed by atoms with E-state index in [1.165, 1.54) is 6.20 Å². The minimum Gasteiger partial charge on any atom is -1.00 e. The molecule has 3 saturated carbocycles. The van der Waals surface area contributed by atoms with Crippen LogP contribution in [0, 0.1) is 17.8 Å². The molecular weight excluding hydrogens is 1060 g/mol. The van der Waals surface area contributed by atoms with Gasteiger partial charge in [0, 0.05) is 71.0 Å². The predicted octanol–water partition coefficient (Wildman–Crippen LogP) is -1.68. The molecule has 6 rings (SSSR count). The van der Waals surface area contributed by atoms with Crippen LogP contribution in [-0.4, -0.2) is 111 Å². The maximum Gasteiger partial charge on any atom is 1.00 e. The Morgan fingerprint density at radius 3 is 1.54 bits per heavy atom. The van der Waals surface area contributed by atoms with Gasteiger partial charge in [0.1, 0.15) is 16.8 Å². The summed E-state index contributed by atoms with van der Waals surface area (Å²) in [5, 5.41) is 46.8. The van der Waals surface area contributed by atoms with Crippen LogP contribution in [0.5, 0.6) is 0 Å². The van der Waals surface area contributed by atoms with E-state index in [1.807, 2.05) is 34.6 Å². The van der Waals surface area contributed by atoms with Gasteiger partial charge in [0.2, 0.25) is 16.5 Å². The van der Waals surface area contributed by atoms with E-state index < -0.39 is 155 Å². The van der Waals surface area contributed by atoms with Gasteiger partial charge < -0.3 is 65.8 Å². The second-order valence-electron chi connectivity index (χ2n) is 14.0. The molecule has 3 aromatic heterocycles. The topological polar surface area (TPSA) is 379 Å². The molecule has 0 aromatic carbocycles. The summed E-state index contributed by atoms with van der Waals surface area (Å²) in [5.41, 5.74) is 20.0. The monoisotopic (exact) mass is 1160 g/mol. The zero-order chi connectivity index (χ0) is 72.9. The molecule has 0 bridgehead atoms. The Labute approximate surface area is 557 Å². The average Bonchev–Trinajstić information content (AvgIpc) is 0.730. The standard InChI is InChI=1S/C16H27N5O2.C12H17ClN4O2.C7H15NO.C5H3Cl2N3O.C2H6.CH2O3.ClH.2K.H/c1-9-5-6-10(7-12(9)22)19-14-11(13(17)23)8-18-15(20-14)21-16(2,3)4;1-6-2-3-7(4-9(6)18)16-11-8(10(14)19)5-15-12(13)17-11;1-5-2-3-6(8)4-7(5)9;6-3-2(4(8)11)1-9-5(7)10-3;1-2;2-1-4-3;;;;/h8-10,12,22H,5-7H2,1-4H3,(H2,17,23)(H2,18,19,20,21);5-7,9,18H,2-4H2,1H3,(H2,14,19)(H,15,16,17);5-7,9H,2-4,8H2,1H3;1H,(H2,8,11);1-2H3;1,3H;1H;;;/q;;;;;;;2*+1;-1/p-1/i1D3,5D2,7D2,12D;1D3,2D2,4D2,9D;1D3,2D2,4D2,7D;;;;;;;. The van der Waals surface area contributed by atoms with Crippen molar-refractivity contribution in [2.45, 2.75) is 155 Å². The van der Waals surface area contributed by atoms with Crippen molar-refractivity contribution in [3.8, 4) is 0 Å². The number of aliphatic hydroxyl groups is 3. The smallest absolute Gasteiger partial charge is 1.00 e. The third kappa shape index (κ3) is 29.0. The van der Waals surface area contributed by atoms with E-state index in [4.69, 9.17) is 101 Å². The summed E-state index contributed by atoms with van der Waals surface area (Å²) < 4.78 is 185. The van der Waals surface area contributed by atoms with Crippen LogP contribution < -0.4 is 147 Å². The van der Waals surface area contributed by atoms with E-state index in [-0.39, 0.29) is 173 Å². The van der Waals surface area contributed by atoms with E-state index in [2.05, 4.69) is 50.7 Å². The Morgan fingerprint density at radius 2 is 1.14 bits per heavy atom. The van der Waals surface area contributed by atoms with Gasteiger partial charge in [-0.05, 0) is 119 Å². The number of nitrogens with one attached hydrogen (secondary N) is 3. The SMILES string of the molecule is CC.Cl.NC(=O)c1cnc(Cl)nc1Cl.O=CO[O-].[2H]C([2H])([2H])C1C([2H])([2H])CC(N)C([2H])([2H])C1([2H])O.[2H]C([2H])([2H])C1C([2H])([2H])CC(Nc2nc(Cl)ncc2C(N)=O)C([2H])([2H])C1([2H])O.[2H]C([2H])([2H])C1C([2H])([2H])CC(Nc2nc(NC(C)(C)C)ncc2C(N)=O)C([2H])([2H])C1([2H])O.[H-].[K+].[K+]. The van der Waals surface area contributed by atoms with Crippen LogP contribution in [0.1, 0.15) is 178 Å². The minimum absolute atomic E-state index is 0. The molecule has 0 saturated heterocycles. The Morgan fingerprint density at radius 1 is 0.761 bits per heavy atom. The molecule has 0 radical (unpaired) electrons. The summed E-state index contributed by atoms with van der Waals surface area (Å²) in [5.74, 6) is -9.84. The third-order valence-electron chi connectivity index (χ3n) is 7.60. The first kappa shape index (κ1) is 40.0. The van der Waals surface area contributed by atoms with Gasteiger partial charge in [-0.1, -0.05) is 46.0 Å². The molecule has 3 fully saturated rings. The number of carbonyl (C=O) groups excluding carboxylic acids is 4. The summed E-state index contributed by atoms with van der Waals surface area (Å²) >= 11 is 16.5. The largest absolute Gasteiger partial charge is 1.00 e. The molecular formula is C43H71Cl4K2N13O9. The summed E-state index contributed by atoms with van der Waals surface area (Å²) in [6.07, 6.45) is -24.7. The van der Waals surface area contributed by atoms with Crippen molar-refractivity contribution < 1.29 is 182 Å². The van der Waals surface area contributed by atoms with Crippen molar-refractivity contribution in [1.82, 2.24) is 29.9 Å². The van der Waals surface area contributed by atoms with Crippen LogP contribution in [0.15, 0.2) is 18.6 Å². The fraction of sp³-hybridized carbons (Fsp3) is 0.628. The van der Waals surface area contributed by atoms with E-state index in [0.29, 0.717) is 0 Å². The van der Waals surface area contributed by atoms with E-state index in [1.54, 1.807) is 0 Å². The molecule has 9 atom stereocenters. The molecule has 3 heterocycles. The minimum atomic E-state index is -3.32. The Kier molecular flexibility index (Phi) is 21.6. The van der Waals surface area contributed by atoms with Crippen molar-refractivity contribution >= 4 is 89.0 Å². The number of halogens is 4. The average molecular weight is 1160 g/mol. The van der Waals surface area contributed by atoms with E-state index >= 15 is 0 Å². The van der Waals surface area contributed by atoms with Crippen LogP contribution in [0.2, 0.25) is 15.7 Å². The van der Waals surface area contributed by atoms with Crippen LogP contribution in [-0.2, 0) is 9.68 Å². The first-order valence-corrected chi connectivity index (χ1v) is 20.6. The first-order chi connectivity index (χ1) is 41.0. The molecule has 22 nitrogen and oxygen atoms in total. The quantitative estimate of drug-likeness (QED) is 0.0286. The summed E-state index contributed by atoms with van der Waals surface area (Å²) in [4.78, 5) is 67.6. The maximum absolute atomic E-state index is 11.8. The Hall–Kier alpha value is -1.25. The maximum atomic E-state index is 11.8. The third-order valence-corrected chi connectivity index (χ3v) is 8.25. The number of hydrogen-bond acceptors (Lipinski definition) is 19. The molecule has 3 aromatic rings. The molecule has 0 spiro atoms. The number of carbonyl (C=O) groups is 4. The molecule has 14 N–H and O–H groups in total. The molecule has 3 amide bonds. The van der Waals surface area contributed by atoms with Crippen LogP contribution in [0.3, 0.4) is 0 Å². The zero-order valence-corrected chi connectivity index (χ0v) is 48.6. The van der Waals surface area contributed by atoms with Crippen molar-refractivity contribution in [2.75, 3.05) is 16.0 Å². The zero-order valence-electron chi connectivity index (χ0n) is 64.2. The molecule has 71 heavy (non-hydrogen) atoms. The van der Waals surface area contributed by atoms with Gasteiger partial charge in [-0.25, -0.2) is 19.9 Å². The fourth-order valence-corrected chi connectivity index (χ4v) is 5.22. The number of nitrogens with zero attached hydrogens (tertiary/aromatic N) is 6. The Balaban J connectivity index is -0.000000592. The molecule has 3 aliphatic rings. The predicted molar refractivity (Wildman–Crippen MR) is 267 cm³/mol. The number of rotatable bonds is 9. The number of primary amides is 3. The normalized spacial score (nSPS) is 35.8.